The molecular formula is C22H26N2OS. The summed E-state index contributed by atoms with van der Waals surface area (Å²) in [7, 11) is 1.74. The van der Waals surface area contributed by atoms with Crippen molar-refractivity contribution in [3.05, 3.63) is 47.0 Å². The molecule has 0 aromatic heterocycles. The smallest absolute Gasteiger partial charge is 0.119 e. The van der Waals surface area contributed by atoms with E-state index in [1.54, 1.807) is 18.4 Å². The molecule has 1 fully saturated rings. The lowest BCUT2D eigenvalue weighted by molar-refractivity contribution is 0.406. The van der Waals surface area contributed by atoms with Gasteiger partial charge in [-0.2, -0.15) is 11.8 Å². The van der Waals surface area contributed by atoms with Gasteiger partial charge < -0.3 is 15.0 Å². The first kappa shape index (κ1) is 16.5. The van der Waals surface area contributed by atoms with E-state index >= 15 is 0 Å². The third-order valence-corrected chi connectivity index (χ3v) is 7.22. The van der Waals surface area contributed by atoms with Gasteiger partial charge in [0.15, 0.2) is 0 Å². The maximum absolute atomic E-state index is 5.40. The van der Waals surface area contributed by atoms with Crippen LogP contribution < -0.4 is 15.0 Å². The molecule has 2 aromatic carbocycles. The van der Waals surface area contributed by atoms with Gasteiger partial charge in [0.25, 0.3) is 0 Å². The first-order valence-electron chi connectivity index (χ1n) is 9.63. The molecule has 26 heavy (non-hydrogen) atoms. The van der Waals surface area contributed by atoms with Gasteiger partial charge in [0.1, 0.15) is 5.75 Å². The predicted molar refractivity (Wildman–Crippen MR) is 111 cm³/mol. The Morgan fingerprint density at radius 3 is 3.00 bits per heavy atom. The predicted octanol–water partition coefficient (Wildman–Crippen LogP) is 4.18. The standard InChI is InChI=1S/C22H26N2OS/c1-14-9-17(25-2)3-4-18(14)15-10-16-13-26-8-7-24-21-5-6-23-12-20(21)19(11-15)22(16)24/h3-4,9-11,20-21,23H,5-8,12-13H2,1-2H3. The van der Waals surface area contributed by atoms with Crippen molar-refractivity contribution >= 4 is 17.4 Å². The second kappa shape index (κ2) is 6.50. The fourth-order valence-electron chi connectivity index (χ4n) is 5.03. The molecule has 2 atom stereocenters. The Kier molecular flexibility index (Phi) is 4.13. The highest BCUT2D eigenvalue weighted by molar-refractivity contribution is 7.98. The lowest BCUT2D eigenvalue weighted by Gasteiger charge is -2.33. The van der Waals surface area contributed by atoms with E-state index in [2.05, 4.69) is 59.2 Å². The number of fused-ring (bicyclic) bond motifs is 3. The molecule has 3 heterocycles. The molecule has 3 aliphatic rings. The summed E-state index contributed by atoms with van der Waals surface area (Å²) >= 11 is 2.08. The largest absolute Gasteiger partial charge is 0.497 e. The third-order valence-electron chi connectivity index (χ3n) is 6.23. The van der Waals surface area contributed by atoms with E-state index in [4.69, 9.17) is 4.74 Å². The molecule has 0 aliphatic carbocycles. The first-order chi connectivity index (χ1) is 12.8. The van der Waals surface area contributed by atoms with Crippen LogP contribution in [0.15, 0.2) is 30.3 Å². The lowest BCUT2D eigenvalue weighted by atomic mass is 9.87. The van der Waals surface area contributed by atoms with Crippen molar-refractivity contribution in [1.29, 1.82) is 0 Å². The first-order valence-corrected chi connectivity index (χ1v) is 10.8. The van der Waals surface area contributed by atoms with Crippen molar-refractivity contribution in [2.45, 2.75) is 31.1 Å². The second-order valence-corrected chi connectivity index (χ2v) is 8.77. The van der Waals surface area contributed by atoms with Gasteiger partial charge in [-0.25, -0.2) is 0 Å². The summed E-state index contributed by atoms with van der Waals surface area (Å²) in [5, 5.41) is 3.63. The Hall–Kier alpha value is -1.65. The van der Waals surface area contributed by atoms with Gasteiger partial charge in [-0.1, -0.05) is 6.07 Å². The SMILES string of the molecule is COc1ccc(-c2cc3c4c(c2)C2CNCCC2N4CCSC3)c(C)c1. The summed E-state index contributed by atoms with van der Waals surface area (Å²) in [6, 6.07) is 12.1. The number of methoxy groups -OCH3 is 1. The molecule has 136 valence electrons. The molecule has 2 unspecified atom stereocenters. The summed E-state index contributed by atoms with van der Waals surface area (Å²) in [4.78, 5) is 2.74. The van der Waals surface area contributed by atoms with Gasteiger partial charge in [0, 0.05) is 42.2 Å². The molecule has 4 heteroatoms. The maximum atomic E-state index is 5.40. The molecule has 0 bridgehead atoms. The maximum Gasteiger partial charge on any atom is 0.119 e. The van der Waals surface area contributed by atoms with Crippen molar-refractivity contribution in [2.75, 3.05) is 37.4 Å². The van der Waals surface area contributed by atoms with Crippen LogP contribution in [0.1, 0.15) is 29.0 Å². The molecule has 2 aromatic rings. The van der Waals surface area contributed by atoms with Crippen LogP contribution in [-0.2, 0) is 5.75 Å². The Bertz CT molecular complexity index is 850. The van der Waals surface area contributed by atoms with Gasteiger partial charge in [0.2, 0.25) is 0 Å². The molecule has 1 N–H and O–H groups in total. The van der Waals surface area contributed by atoms with Crippen LogP contribution in [0.25, 0.3) is 11.1 Å². The van der Waals surface area contributed by atoms with Crippen molar-refractivity contribution in [3.8, 4) is 16.9 Å². The van der Waals surface area contributed by atoms with Crippen LogP contribution in [-0.4, -0.2) is 38.5 Å². The minimum absolute atomic E-state index is 0.638. The zero-order chi connectivity index (χ0) is 17.7. The van der Waals surface area contributed by atoms with Crippen LogP contribution in [0.5, 0.6) is 5.75 Å². The average Bonchev–Trinajstić information content (AvgIpc) is 2.83. The van der Waals surface area contributed by atoms with Crippen molar-refractivity contribution in [2.24, 2.45) is 0 Å². The monoisotopic (exact) mass is 366 g/mol. The van der Waals surface area contributed by atoms with E-state index < -0.39 is 0 Å². The van der Waals surface area contributed by atoms with Gasteiger partial charge in [-0.3, -0.25) is 0 Å². The molecule has 0 radical (unpaired) electrons. The summed E-state index contributed by atoms with van der Waals surface area (Å²) in [5.74, 6) is 3.94. The van der Waals surface area contributed by atoms with Crippen LogP contribution >= 0.6 is 11.8 Å². The Labute approximate surface area is 160 Å². The Balaban J connectivity index is 1.66. The van der Waals surface area contributed by atoms with Crippen LogP contribution in [0, 0.1) is 6.92 Å². The summed E-state index contributed by atoms with van der Waals surface area (Å²) in [6.45, 7) is 5.66. The van der Waals surface area contributed by atoms with Crippen molar-refractivity contribution in [1.82, 2.24) is 5.32 Å². The minimum Gasteiger partial charge on any atom is -0.497 e. The van der Waals surface area contributed by atoms with Gasteiger partial charge in [0.05, 0.1) is 7.11 Å². The summed E-state index contributed by atoms with van der Waals surface area (Å²) < 4.78 is 5.40. The van der Waals surface area contributed by atoms with Crippen molar-refractivity contribution in [3.63, 3.8) is 0 Å². The minimum atomic E-state index is 0.638. The number of nitrogens with zero attached hydrogens (tertiary/aromatic N) is 1. The van der Waals surface area contributed by atoms with E-state index in [0.717, 1.165) is 24.6 Å². The van der Waals surface area contributed by atoms with E-state index in [9.17, 15) is 0 Å². The number of hydrogen-bond donors (Lipinski definition) is 1. The number of aryl methyl sites for hydroxylation is 1. The second-order valence-electron chi connectivity index (χ2n) is 7.67. The molecule has 1 saturated heterocycles. The number of benzene rings is 2. The van der Waals surface area contributed by atoms with E-state index in [0.29, 0.717) is 12.0 Å². The number of hydrogen-bond acceptors (Lipinski definition) is 4. The summed E-state index contributed by atoms with van der Waals surface area (Å²) in [5.41, 5.74) is 8.65. The molecule has 0 amide bonds. The molecule has 0 spiro atoms. The zero-order valence-electron chi connectivity index (χ0n) is 15.5. The molecule has 3 nitrogen and oxygen atoms in total. The highest BCUT2D eigenvalue weighted by Gasteiger charge is 2.41. The van der Waals surface area contributed by atoms with Gasteiger partial charge >= 0.3 is 0 Å². The van der Waals surface area contributed by atoms with Crippen LogP contribution in [0.2, 0.25) is 0 Å². The number of thioether (sulfide) groups is 1. The Morgan fingerprint density at radius 1 is 1.23 bits per heavy atom. The normalized spacial score (nSPS) is 24.0. The molecule has 3 aliphatic heterocycles. The number of nitrogens with one attached hydrogen (secondary N) is 1. The highest BCUT2D eigenvalue weighted by atomic mass is 32.2. The molecule has 0 saturated carbocycles. The van der Waals surface area contributed by atoms with Gasteiger partial charge in [-0.15, -0.1) is 0 Å². The summed E-state index contributed by atoms with van der Waals surface area (Å²) in [6.07, 6.45) is 1.26. The van der Waals surface area contributed by atoms with Crippen molar-refractivity contribution < 1.29 is 4.74 Å². The fraction of sp³-hybridized carbons (Fsp3) is 0.455. The highest BCUT2D eigenvalue weighted by Crippen LogP contribution is 2.49. The number of piperidine rings is 1. The number of rotatable bonds is 2. The zero-order valence-corrected chi connectivity index (χ0v) is 16.4. The number of ether oxygens (including phenoxy) is 1. The van der Waals surface area contributed by atoms with E-state index in [1.807, 2.05) is 0 Å². The quantitative estimate of drug-likeness (QED) is 0.862. The van der Waals surface area contributed by atoms with E-state index in [-0.39, 0.29) is 0 Å². The van der Waals surface area contributed by atoms with Crippen LogP contribution in [0.4, 0.5) is 5.69 Å². The third kappa shape index (κ3) is 2.54. The molecule has 5 rings (SSSR count). The van der Waals surface area contributed by atoms with E-state index in [1.165, 1.54) is 41.0 Å². The fourth-order valence-corrected chi connectivity index (χ4v) is 5.94. The van der Waals surface area contributed by atoms with Crippen LogP contribution in [0.3, 0.4) is 0 Å². The Morgan fingerprint density at radius 2 is 2.15 bits per heavy atom. The molecular weight excluding hydrogens is 340 g/mol. The average molecular weight is 367 g/mol. The topological polar surface area (TPSA) is 24.5 Å². The number of anilines is 1. The van der Waals surface area contributed by atoms with Gasteiger partial charge in [-0.05, 0) is 72.0 Å². The lowest BCUT2D eigenvalue weighted by Crippen LogP contribution is -2.44.